The van der Waals surface area contributed by atoms with Crippen LogP contribution in [0.5, 0.6) is 0 Å². The number of hydrogen-bond acceptors (Lipinski definition) is 4. The lowest BCUT2D eigenvalue weighted by Crippen LogP contribution is -2.62. The summed E-state index contributed by atoms with van der Waals surface area (Å²) >= 11 is 0. The molecule has 4 amide bonds. The van der Waals surface area contributed by atoms with Gasteiger partial charge in [-0.2, -0.15) is 0 Å². The summed E-state index contributed by atoms with van der Waals surface area (Å²) in [4.78, 5) is 37.6. The zero-order valence-electron chi connectivity index (χ0n) is 11.5. The molecule has 3 aliphatic rings. The molecule has 2 N–H and O–H groups in total. The first-order valence-electron chi connectivity index (χ1n) is 7.02. The van der Waals surface area contributed by atoms with Gasteiger partial charge in [0, 0.05) is 13.2 Å². The highest BCUT2D eigenvalue weighted by Gasteiger charge is 2.51. The number of urea groups is 1. The second-order valence-corrected chi connectivity index (χ2v) is 6.00. The maximum Gasteiger partial charge on any atom is 0.322 e. The first kappa shape index (κ1) is 13.4. The van der Waals surface area contributed by atoms with Gasteiger partial charge in [0.2, 0.25) is 0 Å². The van der Waals surface area contributed by atoms with Crippen molar-refractivity contribution in [3.05, 3.63) is 0 Å². The fourth-order valence-electron chi connectivity index (χ4n) is 3.33. The fourth-order valence-corrected chi connectivity index (χ4v) is 3.33. The molecule has 2 unspecified atom stereocenters. The molecule has 110 valence electrons. The number of nitrogens with zero attached hydrogens (tertiary/aromatic N) is 1. The molecule has 3 fully saturated rings. The van der Waals surface area contributed by atoms with Crippen LogP contribution >= 0.6 is 0 Å². The number of rotatable bonds is 1. The lowest BCUT2D eigenvalue weighted by atomic mass is 9.88. The van der Waals surface area contributed by atoms with E-state index in [0.717, 1.165) is 6.42 Å². The molecular formula is C13H19N3O4. The molecule has 20 heavy (non-hydrogen) atoms. The summed E-state index contributed by atoms with van der Waals surface area (Å²) in [5.74, 6) is -0.416. The molecule has 0 aromatic rings. The highest BCUT2D eigenvalue weighted by molar-refractivity contribution is 6.07. The molecule has 3 heterocycles. The van der Waals surface area contributed by atoms with Crippen LogP contribution in [-0.4, -0.2) is 53.6 Å². The molecule has 3 aliphatic heterocycles. The van der Waals surface area contributed by atoms with Gasteiger partial charge in [0.25, 0.3) is 11.8 Å². The van der Waals surface area contributed by atoms with Crippen molar-refractivity contribution in [2.75, 3.05) is 19.7 Å². The van der Waals surface area contributed by atoms with E-state index >= 15 is 0 Å². The molecule has 7 nitrogen and oxygen atoms in total. The van der Waals surface area contributed by atoms with Crippen LogP contribution in [-0.2, 0) is 14.3 Å². The van der Waals surface area contributed by atoms with E-state index in [-0.39, 0.29) is 18.4 Å². The van der Waals surface area contributed by atoms with Crippen LogP contribution in [0.4, 0.5) is 4.79 Å². The van der Waals surface area contributed by atoms with Crippen LogP contribution in [0.25, 0.3) is 0 Å². The van der Waals surface area contributed by atoms with Gasteiger partial charge < -0.3 is 15.0 Å². The Morgan fingerprint density at radius 3 is 2.70 bits per heavy atom. The number of ether oxygens (including phenoxy) is 1. The smallest absolute Gasteiger partial charge is 0.322 e. The van der Waals surface area contributed by atoms with E-state index in [1.807, 2.05) is 0 Å². The minimum Gasteiger partial charge on any atom is -0.365 e. The van der Waals surface area contributed by atoms with Gasteiger partial charge in [-0.3, -0.25) is 14.9 Å². The second kappa shape index (κ2) is 4.44. The third-order valence-electron chi connectivity index (χ3n) is 4.47. The van der Waals surface area contributed by atoms with Gasteiger partial charge in [-0.15, -0.1) is 0 Å². The van der Waals surface area contributed by atoms with Crippen LogP contribution in [0.1, 0.15) is 32.6 Å². The summed E-state index contributed by atoms with van der Waals surface area (Å²) in [5.41, 5.74) is -1.74. The Morgan fingerprint density at radius 1 is 1.30 bits per heavy atom. The van der Waals surface area contributed by atoms with E-state index in [4.69, 9.17) is 4.74 Å². The molecule has 0 saturated carbocycles. The monoisotopic (exact) mass is 281 g/mol. The molecule has 7 heteroatoms. The molecule has 1 spiro atoms. The number of likely N-dealkylation sites (tertiary alicyclic amines) is 1. The van der Waals surface area contributed by atoms with Crippen LogP contribution in [0.15, 0.2) is 0 Å². The number of hydrogen-bond donors (Lipinski definition) is 2. The molecule has 0 radical (unpaired) electrons. The second-order valence-electron chi connectivity index (χ2n) is 6.00. The average Bonchev–Trinajstić information content (AvgIpc) is 2.95. The first-order valence-corrected chi connectivity index (χ1v) is 7.02. The predicted molar refractivity (Wildman–Crippen MR) is 68.8 cm³/mol. The van der Waals surface area contributed by atoms with Gasteiger partial charge in [-0.1, -0.05) is 0 Å². The molecule has 0 bridgehead atoms. The SMILES string of the molecule is CC1(C(=O)N2CCCC3(C2)NC(=O)NC3=O)CCCO1. The predicted octanol–water partition coefficient (Wildman–Crippen LogP) is -0.244. The van der Waals surface area contributed by atoms with E-state index in [1.165, 1.54) is 0 Å². The number of nitrogens with one attached hydrogen (secondary N) is 2. The largest absolute Gasteiger partial charge is 0.365 e. The lowest BCUT2D eigenvalue weighted by molar-refractivity contribution is -0.154. The van der Waals surface area contributed by atoms with Gasteiger partial charge in [0.05, 0.1) is 6.54 Å². The highest BCUT2D eigenvalue weighted by atomic mass is 16.5. The molecule has 0 aromatic heterocycles. The third-order valence-corrected chi connectivity index (χ3v) is 4.47. The van der Waals surface area contributed by atoms with E-state index in [1.54, 1.807) is 11.8 Å². The van der Waals surface area contributed by atoms with Crippen molar-refractivity contribution >= 4 is 17.8 Å². The Kier molecular flexibility index (Phi) is 2.97. The van der Waals surface area contributed by atoms with Crippen molar-refractivity contribution in [2.45, 2.75) is 43.7 Å². The number of carbonyl (C=O) groups is 3. The number of carbonyl (C=O) groups excluding carboxylic acids is 3. The zero-order valence-corrected chi connectivity index (χ0v) is 11.5. The van der Waals surface area contributed by atoms with Crippen LogP contribution in [0.3, 0.4) is 0 Å². The Bertz CT molecular complexity index is 472. The minimum absolute atomic E-state index is 0.0805. The van der Waals surface area contributed by atoms with Gasteiger partial charge >= 0.3 is 6.03 Å². The first-order chi connectivity index (χ1) is 9.45. The quantitative estimate of drug-likeness (QED) is 0.649. The summed E-state index contributed by atoms with van der Waals surface area (Å²) in [7, 11) is 0. The summed E-state index contributed by atoms with van der Waals surface area (Å²) in [6.07, 6.45) is 2.83. The van der Waals surface area contributed by atoms with E-state index in [0.29, 0.717) is 32.4 Å². The Balaban J connectivity index is 1.77. The average molecular weight is 281 g/mol. The zero-order chi connectivity index (χ0) is 14.4. The molecule has 0 aromatic carbocycles. The summed E-state index contributed by atoms with van der Waals surface area (Å²) in [6.45, 7) is 3.22. The number of amides is 4. The van der Waals surface area contributed by atoms with Gasteiger partial charge in [0.1, 0.15) is 11.1 Å². The van der Waals surface area contributed by atoms with Crippen LogP contribution in [0.2, 0.25) is 0 Å². The van der Waals surface area contributed by atoms with Crippen molar-refractivity contribution in [1.29, 1.82) is 0 Å². The van der Waals surface area contributed by atoms with Gasteiger partial charge in [-0.05, 0) is 32.6 Å². The number of imide groups is 1. The van der Waals surface area contributed by atoms with Crippen molar-refractivity contribution in [3.63, 3.8) is 0 Å². The Hall–Kier alpha value is -1.63. The third kappa shape index (κ3) is 1.96. The van der Waals surface area contributed by atoms with E-state index < -0.39 is 17.2 Å². The molecule has 2 atom stereocenters. The van der Waals surface area contributed by atoms with E-state index in [2.05, 4.69) is 10.6 Å². The number of piperidine rings is 1. The summed E-state index contributed by atoms with van der Waals surface area (Å²) < 4.78 is 5.58. The van der Waals surface area contributed by atoms with Crippen molar-refractivity contribution < 1.29 is 19.1 Å². The van der Waals surface area contributed by atoms with Crippen molar-refractivity contribution in [3.8, 4) is 0 Å². The van der Waals surface area contributed by atoms with Gasteiger partial charge in [-0.25, -0.2) is 4.79 Å². The van der Waals surface area contributed by atoms with Crippen molar-refractivity contribution in [1.82, 2.24) is 15.5 Å². The maximum atomic E-state index is 12.6. The Morgan fingerprint density at radius 2 is 2.10 bits per heavy atom. The summed E-state index contributed by atoms with van der Waals surface area (Å²) in [5, 5.41) is 4.93. The molecular weight excluding hydrogens is 262 g/mol. The van der Waals surface area contributed by atoms with Crippen LogP contribution in [0, 0.1) is 0 Å². The molecule has 3 saturated heterocycles. The standard InChI is InChI=1S/C13H19N3O4/c1-12(4-3-7-20-12)10(18)16-6-2-5-13(8-16)9(17)14-11(19)15-13/h2-8H2,1H3,(H2,14,15,17,19). The molecule has 3 rings (SSSR count). The Labute approximate surface area is 117 Å². The fraction of sp³-hybridized carbons (Fsp3) is 0.769. The summed E-state index contributed by atoms with van der Waals surface area (Å²) in [6, 6.07) is -0.479. The highest BCUT2D eigenvalue weighted by Crippen LogP contribution is 2.31. The molecule has 0 aliphatic carbocycles. The maximum absolute atomic E-state index is 12.6. The van der Waals surface area contributed by atoms with Crippen LogP contribution < -0.4 is 10.6 Å². The lowest BCUT2D eigenvalue weighted by Gasteiger charge is -2.40. The van der Waals surface area contributed by atoms with Crippen molar-refractivity contribution in [2.24, 2.45) is 0 Å². The van der Waals surface area contributed by atoms with E-state index in [9.17, 15) is 14.4 Å². The normalized spacial score (nSPS) is 37.1. The topological polar surface area (TPSA) is 87.7 Å². The van der Waals surface area contributed by atoms with Gasteiger partial charge in [0.15, 0.2) is 0 Å². The minimum atomic E-state index is -0.958.